The van der Waals surface area contributed by atoms with Gasteiger partial charge in [0.1, 0.15) is 0 Å². The molecule has 0 spiro atoms. The lowest BCUT2D eigenvalue weighted by Gasteiger charge is -2.60. The van der Waals surface area contributed by atoms with Gasteiger partial charge in [0.25, 0.3) is 0 Å². The average molecular weight is 446 g/mol. The van der Waals surface area contributed by atoms with Crippen molar-refractivity contribution in [1.82, 2.24) is 4.90 Å². The molecule has 3 aliphatic carbocycles. The summed E-state index contributed by atoms with van der Waals surface area (Å²) in [5.74, 6) is 2.61. The quantitative estimate of drug-likeness (QED) is 0.700. The Balaban J connectivity index is 1.29. The van der Waals surface area contributed by atoms with Crippen molar-refractivity contribution in [3.63, 3.8) is 0 Å². The zero-order valence-electron chi connectivity index (χ0n) is 20.0. The number of amides is 2. The van der Waals surface area contributed by atoms with Gasteiger partial charge in [-0.2, -0.15) is 5.26 Å². The normalized spacial score (nSPS) is 39.3. The van der Waals surface area contributed by atoms with Crippen LogP contribution in [0.15, 0.2) is 36.4 Å². The van der Waals surface area contributed by atoms with Crippen LogP contribution >= 0.6 is 0 Å². The van der Waals surface area contributed by atoms with Gasteiger partial charge in [0.15, 0.2) is 0 Å². The van der Waals surface area contributed by atoms with Gasteiger partial charge in [0, 0.05) is 30.6 Å². The number of nitrogens with zero attached hydrogens (tertiary/aromatic N) is 2. The molecule has 5 rings (SSSR count). The van der Waals surface area contributed by atoms with E-state index in [4.69, 9.17) is 5.26 Å². The number of anilines is 1. The van der Waals surface area contributed by atoms with E-state index in [1.54, 1.807) is 30.3 Å². The molecule has 0 radical (unpaired) electrons. The average Bonchev–Trinajstić information content (AvgIpc) is 3.13. The van der Waals surface area contributed by atoms with E-state index < -0.39 is 0 Å². The summed E-state index contributed by atoms with van der Waals surface area (Å²) < 4.78 is 0. The van der Waals surface area contributed by atoms with Crippen LogP contribution in [0.4, 0.5) is 5.69 Å². The first-order valence-electron chi connectivity index (χ1n) is 12.5. The number of fused-ring (bicyclic) bond motifs is 5. The molecule has 33 heavy (non-hydrogen) atoms. The molecule has 1 aromatic carbocycles. The van der Waals surface area contributed by atoms with E-state index in [2.05, 4.69) is 31.3 Å². The Morgan fingerprint density at radius 3 is 2.61 bits per heavy atom. The van der Waals surface area contributed by atoms with Crippen molar-refractivity contribution in [3.8, 4) is 6.07 Å². The highest BCUT2D eigenvalue weighted by Crippen LogP contribution is 2.65. The molecule has 5 heteroatoms. The predicted octanol–water partition coefficient (Wildman–Crippen LogP) is 5.14. The Morgan fingerprint density at radius 1 is 1.12 bits per heavy atom. The molecule has 5 nitrogen and oxygen atoms in total. The van der Waals surface area contributed by atoms with Crippen LogP contribution in [0.1, 0.15) is 64.4 Å². The standard InChI is InChI=1S/C28H35N3O2/c1-27-14-12-23-21(9-11-24-28(23,2)15-13-26(33)31(24)3)22(27)10-6-19(27)16-25(32)30-20-7-4-18(17-29)5-8-20/h4-5,7-8,13,15,19,21-24H,6,9-12,14,16H2,1-3H3,(H,30,32)/t19-,21?,22?,23?,24?,27-,28-/m1/s1. The first kappa shape index (κ1) is 22.2. The van der Waals surface area contributed by atoms with Crippen molar-refractivity contribution in [1.29, 1.82) is 5.26 Å². The second-order valence-electron chi connectivity index (χ2n) is 11.4. The van der Waals surface area contributed by atoms with Crippen LogP contribution in [0.2, 0.25) is 0 Å². The lowest BCUT2D eigenvalue weighted by atomic mass is 9.47. The monoisotopic (exact) mass is 445 g/mol. The maximum atomic E-state index is 12.9. The summed E-state index contributed by atoms with van der Waals surface area (Å²) in [6, 6.07) is 9.52. The molecule has 2 amide bonds. The number of carbonyl (C=O) groups excluding carboxylic acids is 2. The summed E-state index contributed by atoms with van der Waals surface area (Å²) in [5, 5.41) is 12.0. The van der Waals surface area contributed by atoms with Gasteiger partial charge in [0.05, 0.1) is 11.6 Å². The number of benzene rings is 1. The van der Waals surface area contributed by atoms with Gasteiger partial charge in [-0.25, -0.2) is 0 Å². The van der Waals surface area contributed by atoms with Gasteiger partial charge < -0.3 is 10.2 Å². The minimum Gasteiger partial charge on any atom is -0.338 e. The summed E-state index contributed by atoms with van der Waals surface area (Å²) in [4.78, 5) is 27.2. The zero-order valence-corrected chi connectivity index (χ0v) is 20.0. The number of nitriles is 1. The fraction of sp³-hybridized carbons (Fsp3) is 0.607. The fourth-order valence-electron chi connectivity index (χ4n) is 8.25. The zero-order chi connectivity index (χ0) is 23.4. The second-order valence-corrected chi connectivity index (χ2v) is 11.4. The van der Waals surface area contributed by atoms with Crippen molar-refractivity contribution in [2.24, 2.45) is 34.5 Å². The lowest BCUT2D eigenvalue weighted by Crippen LogP contribution is -2.59. The van der Waals surface area contributed by atoms with Crippen LogP contribution in [0, 0.1) is 45.8 Å². The van der Waals surface area contributed by atoms with Gasteiger partial charge in [-0.05, 0) is 98.0 Å². The summed E-state index contributed by atoms with van der Waals surface area (Å²) >= 11 is 0. The number of nitrogens with one attached hydrogen (secondary N) is 1. The maximum absolute atomic E-state index is 12.9. The summed E-state index contributed by atoms with van der Waals surface area (Å²) in [7, 11) is 1.97. The molecule has 0 saturated heterocycles. The van der Waals surface area contributed by atoms with Crippen molar-refractivity contribution in [2.75, 3.05) is 12.4 Å². The summed E-state index contributed by atoms with van der Waals surface area (Å²) in [5.41, 5.74) is 1.64. The summed E-state index contributed by atoms with van der Waals surface area (Å²) in [6.07, 6.45) is 11.6. The molecule has 1 aliphatic heterocycles. The molecule has 1 heterocycles. The Kier molecular flexibility index (Phi) is 5.39. The van der Waals surface area contributed by atoms with Gasteiger partial charge >= 0.3 is 0 Å². The van der Waals surface area contributed by atoms with Crippen molar-refractivity contribution >= 4 is 17.5 Å². The first-order valence-corrected chi connectivity index (χ1v) is 12.5. The molecule has 7 atom stereocenters. The van der Waals surface area contributed by atoms with E-state index in [1.807, 2.05) is 11.9 Å². The molecule has 1 aromatic rings. The van der Waals surface area contributed by atoms with Crippen molar-refractivity contribution in [2.45, 2.75) is 64.8 Å². The van der Waals surface area contributed by atoms with Crippen LogP contribution in [0.25, 0.3) is 0 Å². The van der Waals surface area contributed by atoms with Gasteiger partial charge in [-0.15, -0.1) is 0 Å². The highest BCUT2D eigenvalue weighted by Gasteiger charge is 2.60. The molecule has 1 N–H and O–H groups in total. The van der Waals surface area contributed by atoms with Gasteiger partial charge in [-0.3, -0.25) is 9.59 Å². The van der Waals surface area contributed by atoms with E-state index in [9.17, 15) is 9.59 Å². The van der Waals surface area contributed by atoms with Crippen LogP contribution in [0.3, 0.4) is 0 Å². The minimum absolute atomic E-state index is 0.0674. The molecular weight excluding hydrogens is 410 g/mol. The molecule has 3 fully saturated rings. The van der Waals surface area contributed by atoms with E-state index in [-0.39, 0.29) is 22.6 Å². The number of hydrogen-bond donors (Lipinski definition) is 1. The van der Waals surface area contributed by atoms with E-state index in [0.29, 0.717) is 41.7 Å². The number of hydrogen-bond acceptors (Lipinski definition) is 3. The molecule has 3 saturated carbocycles. The van der Waals surface area contributed by atoms with Gasteiger partial charge in [0.2, 0.25) is 11.8 Å². The fourth-order valence-corrected chi connectivity index (χ4v) is 8.25. The van der Waals surface area contributed by atoms with Crippen molar-refractivity contribution < 1.29 is 9.59 Å². The lowest BCUT2D eigenvalue weighted by molar-refractivity contribution is -0.139. The van der Waals surface area contributed by atoms with E-state index >= 15 is 0 Å². The highest BCUT2D eigenvalue weighted by molar-refractivity contribution is 5.91. The third-order valence-corrected chi connectivity index (χ3v) is 10.1. The maximum Gasteiger partial charge on any atom is 0.246 e. The Bertz CT molecular complexity index is 1020. The van der Waals surface area contributed by atoms with Crippen LogP contribution in [0.5, 0.6) is 0 Å². The second kappa shape index (κ2) is 8.01. The molecule has 0 aromatic heterocycles. The Morgan fingerprint density at radius 2 is 1.88 bits per heavy atom. The minimum atomic E-state index is 0.0674. The Hall–Kier alpha value is -2.61. The largest absolute Gasteiger partial charge is 0.338 e. The number of rotatable bonds is 3. The molecule has 4 unspecified atom stereocenters. The Labute approximate surface area is 197 Å². The third kappa shape index (κ3) is 3.50. The third-order valence-electron chi connectivity index (χ3n) is 10.1. The molecular formula is C28H35N3O2. The smallest absolute Gasteiger partial charge is 0.246 e. The van der Waals surface area contributed by atoms with Crippen LogP contribution < -0.4 is 5.32 Å². The predicted molar refractivity (Wildman–Crippen MR) is 128 cm³/mol. The first-order chi connectivity index (χ1) is 15.8. The van der Waals surface area contributed by atoms with E-state index in [0.717, 1.165) is 18.5 Å². The number of carbonyl (C=O) groups is 2. The van der Waals surface area contributed by atoms with Crippen LogP contribution in [-0.4, -0.2) is 29.8 Å². The van der Waals surface area contributed by atoms with E-state index in [1.165, 1.54) is 25.7 Å². The van der Waals surface area contributed by atoms with Crippen LogP contribution in [-0.2, 0) is 9.59 Å². The summed E-state index contributed by atoms with van der Waals surface area (Å²) in [6.45, 7) is 4.83. The SMILES string of the molecule is CN1C(=O)C=C[C@]2(C)C3CC[C@@]4(C)C(CC[C@@H]4CC(=O)Nc4ccc(C#N)cc4)C3CCC12. The van der Waals surface area contributed by atoms with Gasteiger partial charge in [-0.1, -0.05) is 19.9 Å². The highest BCUT2D eigenvalue weighted by atomic mass is 16.2. The number of likely N-dealkylation sites (N-methyl/N-ethyl adjacent to an activating group) is 1. The molecule has 174 valence electrons. The topological polar surface area (TPSA) is 73.2 Å². The molecule has 4 aliphatic rings. The molecule has 0 bridgehead atoms. The van der Waals surface area contributed by atoms with Crippen molar-refractivity contribution in [3.05, 3.63) is 42.0 Å².